The van der Waals surface area contributed by atoms with Gasteiger partial charge in [0.1, 0.15) is 5.75 Å². The summed E-state index contributed by atoms with van der Waals surface area (Å²) >= 11 is 0. The van der Waals surface area contributed by atoms with Crippen molar-refractivity contribution in [2.24, 2.45) is 0 Å². The van der Waals surface area contributed by atoms with Gasteiger partial charge in [0.2, 0.25) is 0 Å². The maximum Gasteiger partial charge on any atom is 0.253 e. The van der Waals surface area contributed by atoms with Gasteiger partial charge in [-0.25, -0.2) is 4.98 Å². The number of hydrogen-bond acceptors (Lipinski definition) is 5. The Bertz CT molecular complexity index is 948. The Balaban J connectivity index is 1.84. The van der Waals surface area contributed by atoms with Crippen LogP contribution in [0.5, 0.6) is 5.75 Å². The fourth-order valence-corrected chi connectivity index (χ4v) is 2.36. The van der Waals surface area contributed by atoms with E-state index < -0.39 is 0 Å². The van der Waals surface area contributed by atoms with Crippen LogP contribution >= 0.6 is 0 Å². The Kier molecular flexibility index (Phi) is 3.20. The number of nitrogens with zero attached hydrogens (tertiary/aromatic N) is 5. The van der Waals surface area contributed by atoms with Crippen molar-refractivity contribution in [1.82, 2.24) is 24.6 Å². The van der Waals surface area contributed by atoms with Crippen molar-refractivity contribution in [2.75, 3.05) is 7.11 Å². The summed E-state index contributed by atoms with van der Waals surface area (Å²) in [6, 6.07) is 15.2. The molecule has 1 aromatic carbocycles. The smallest absolute Gasteiger partial charge is 0.253 e. The van der Waals surface area contributed by atoms with Crippen LogP contribution in [0.4, 0.5) is 0 Å². The first kappa shape index (κ1) is 13.4. The third-order valence-corrected chi connectivity index (χ3v) is 3.52. The van der Waals surface area contributed by atoms with E-state index in [1.807, 2.05) is 48.5 Å². The summed E-state index contributed by atoms with van der Waals surface area (Å²) in [5.41, 5.74) is 2.58. The first-order valence-electron chi connectivity index (χ1n) is 7.13. The quantitative estimate of drug-likeness (QED) is 0.582. The van der Waals surface area contributed by atoms with Gasteiger partial charge in [-0.2, -0.15) is 9.50 Å². The Morgan fingerprint density at radius 1 is 0.913 bits per heavy atom. The minimum Gasteiger partial charge on any atom is -0.497 e. The maximum atomic E-state index is 5.17. The summed E-state index contributed by atoms with van der Waals surface area (Å²) in [7, 11) is 1.64. The van der Waals surface area contributed by atoms with Gasteiger partial charge in [-0.05, 0) is 42.5 Å². The molecular weight excluding hydrogens is 290 g/mol. The lowest BCUT2D eigenvalue weighted by molar-refractivity contribution is 0.415. The maximum absolute atomic E-state index is 5.17. The van der Waals surface area contributed by atoms with E-state index in [0.717, 1.165) is 22.7 Å². The van der Waals surface area contributed by atoms with Crippen LogP contribution in [-0.2, 0) is 0 Å². The second kappa shape index (κ2) is 5.49. The van der Waals surface area contributed by atoms with Crippen LogP contribution < -0.4 is 4.74 Å². The highest BCUT2D eigenvalue weighted by Gasteiger charge is 2.11. The fraction of sp³-hybridized carbons (Fsp3) is 0.0588. The van der Waals surface area contributed by atoms with Gasteiger partial charge in [0, 0.05) is 18.0 Å². The van der Waals surface area contributed by atoms with E-state index in [9.17, 15) is 0 Å². The van der Waals surface area contributed by atoms with Crippen LogP contribution in [0.1, 0.15) is 0 Å². The molecule has 4 rings (SSSR count). The Morgan fingerprint density at radius 2 is 1.78 bits per heavy atom. The molecule has 112 valence electrons. The van der Waals surface area contributed by atoms with E-state index in [0.29, 0.717) is 11.6 Å². The van der Waals surface area contributed by atoms with Gasteiger partial charge in [0.25, 0.3) is 5.78 Å². The standard InChI is InChI=1S/C17H13N5O/c1-23-13-7-5-12(6-8-13)16-20-17-19-11-9-15(22(17)21-16)14-4-2-3-10-18-14/h2-11H,1H3. The zero-order valence-corrected chi connectivity index (χ0v) is 12.4. The summed E-state index contributed by atoms with van der Waals surface area (Å²) < 4.78 is 6.88. The molecule has 0 N–H and O–H groups in total. The lowest BCUT2D eigenvalue weighted by Crippen LogP contribution is -1.97. The Hall–Kier alpha value is -3.28. The van der Waals surface area contributed by atoms with E-state index in [4.69, 9.17) is 4.74 Å². The Morgan fingerprint density at radius 3 is 2.52 bits per heavy atom. The minimum absolute atomic E-state index is 0.541. The molecule has 0 saturated heterocycles. The molecule has 3 heterocycles. The molecule has 3 aromatic heterocycles. The molecule has 0 bridgehead atoms. The number of hydrogen-bond donors (Lipinski definition) is 0. The molecule has 0 unspecified atom stereocenters. The van der Waals surface area contributed by atoms with Crippen LogP contribution in [0.3, 0.4) is 0 Å². The molecule has 0 aliphatic heterocycles. The van der Waals surface area contributed by atoms with Crippen molar-refractivity contribution in [1.29, 1.82) is 0 Å². The summed E-state index contributed by atoms with van der Waals surface area (Å²) in [6.45, 7) is 0. The van der Waals surface area contributed by atoms with Crippen LogP contribution in [-0.4, -0.2) is 31.7 Å². The number of aromatic nitrogens is 5. The van der Waals surface area contributed by atoms with E-state index in [2.05, 4.69) is 20.1 Å². The van der Waals surface area contributed by atoms with Gasteiger partial charge in [-0.1, -0.05) is 6.07 Å². The average Bonchev–Trinajstić information content (AvgIpc) is 3.06. The molecule has 0 aliphatic rings. The molecule has 23 heavy (non-hydrogen) atoms. The molecule has 0 amide bonds. The monoisotopic (exact) mass is 303 g/mol. The van der Waals surface area contributed by atoms with Crippen molar-refractivity contribution in [3.05, 3.63) is 60.9 Å². The SMILES string of the molecule is COc1ccc(-c2nc3nccc(-c4ccccn4)n3n2)cc1. The number of ether oxygens (including phenoxy) is 1. The lowest BCUT2D eigenvalue weighted by Gasteiger charge is -2.01. The molecule has 0 radical (unpaired) electrons. The number of rotatable bonds is 3. The molecule has 0 aliphatic carbocycles. The first-order chi connectivity index (χ1) is 11.3. The largest absolute Gasteiger partial charge is 0.497 e. The zero-order chi connectivity index (χ0) is 15.6. The van der Waals surface area contributed by atoms with Gasteiger partial charge < -0.3 is 4.74 Å². The second-order valence-electron chi connectivity index (χ2n) is 4.92. The Labute approximate surface area is 132 Å². The summed E-state index contributed by atoms with van der Waals surface area (Å²) in [5.74, 6) is 1.95. The molecule has 0 atom stereocenters. The minimum atomic E-state index is 0.541. The van der Waals surface area contributed by atoms with Gasteiger partial charge in [0.05, 0.1) is 18.5 Å². The summed E-state index contributed by atoms with van der Waals surface area (Å²) in [6.07, 6.45) is 3.47. The predicted molar refractivity (Wildman–Crippen MR) is 86.0 cm³/mol. The third-order valence-electron chi connectivity index (χ3n) is 3.52. The van der Waals surface area contributed by atoms with Crippen molar-refractivity contribution in [2.45, 2.75) is 0 Å². The van der Waals surface area contributed by atoms with E-state index in [-0.39, 0.29) is 0 Å². The van der Waals surface area contributed by atoms with Crippen LogP contribution in [0, 0.1) is 0 Å². The van der Waals surface area contributed by atoms with Crippen LogP contribution in [0.25, 0.3) is 28.6 Å². The summed E-state index contributed by atoms with van der Waals surface area (Å²) in [4.78, 5) is 13.2. The van der Waals surface area contributed by atoms with Crippen molar-refractivity contribution in [3.8, 4) is 28.5 Å². The van der Waals surface area contributed by atoms with Crippen LogP contribution in [0.2, 0.25) is 0 Å². The number of benzene rings is 1. The van der Waals surface area contributed by atoms with Gasteiger partial charge in [-0.15, -0.1) is 5.10 Å². The normalized spacial score (nSPS) is 10.8. The van der Waals surface area contributed by atoms with Crippen molar-refractivity contribution in [3.63, 3.8) is 0 Å². The van der Waals surface area contributed by atoms with E-state index in [1.54, 1.807) is 24.0 Å². The van der Waals surface area contributed by atoms with E-state index in [1.165, 1.54) is 0 Å². The lowest BCUT2D eigenvalue weighted by atomic mass is 10.2. The van der Waals surface area contributed by atoms with Crippen molar-refractivity contribution < 1.29 is 4.74 Å². The second-order valence-corrected chi connectivity index (χ2v) is 4.92. The fourth-order valence-electron chi connectivity index (χ4n) is 2.36. The van der Waals surface area contributed by atoms with Gasteiger partial charge in [-0.3, -0.25) is 4.98 Å². The highest BCUT2D eigenvalue weighted by Crippen LogP contribution is 2.22. The van der Waals surface area contributed by atoms with E-state index >= 15 is 0 Å². The topological polar surface area (TPSA) is 65.2 Å². The highest BCUT2D eigenvalue weighted by molar-refractivity contribution is 5.61. The number of pyridine rings is 1. The molecule has 6 nitrogen and oxygen atoms in total. The molecule has 0 saturated carbocycles. The molecule has 6 heteroatoms. The predicted octanol–water partition coefficient (Wildman–Crippen LogP) is 2.86. The molecule has 0 fully saturated rings. The first-order valence-corrected chi connectivity index (χ1v) is 7.13. The molecular formula is C17H13N5O. The third kappa shape index (κ3) is 2.40. The number of fused-ring (bicyclic) bond motifs is 1. The van der Waals surface area contributed by atoms with Gasteiger partial charge >= 0.3 is 0 Å². The summed E-state index contributed by atoms with van der Waals surface area (Å²) in [5, 5.41) is 4.58. The molecule has 4 aromatic rings. The molecule has 0 spiro atoms. The van der Waals surface area contributed by atoms with Gasteiger partial charge in [0.15, 0.2) is 5.82 Å². The highest BCUT2D eigenvalue weighted by atomic mass is 16.5. The average molecular weight is 303 g/mol. The van der Waals surface area contributed by atoms with Crippen LogP contribution in [0.15, 0.2) is 60.9 Å². The zero-order valence-electron chi connectivity index (χ0n) is 12.4. The number of methoxy groups -OCH3 is 1. The van der Waals surface area contributed by atoms with Crippen molar-refractivity contribution >= 4 is 5.78 Å².